The number of ether oxygens (including phenoxy) is 1. The largest absolute Gasteiger partial charge is 0.390 e. The van der Waals surface area contributed by atoms with Crippen molar-refractivity contribution < 1.29 is 9.84 Å². The molecule has 0 radical (unpaired) electrons. The second-order valence-electron chi connectivity index (χ2n) is 13.6. The third kappa shape index (κ3) is 26.9. The molecular formula is C41H66O2. The van der Waals surface area contributed by atoms with Gasteiger partial charge in [-0.2, -0.15) is 0 Å². The van der Waals surface area contributed by atoms with Crippen LogP contribution in [0.15, 0.2) is 106 Å². The number of methoxy groups -OCH3 is 1. The minimum Gasteiger partial charge on any atom is -0.390 e. The van der Waals surface area contributed by atoms with E-state index in [9.17, 15) is 5.11 Å². The van der Waals surface area contributed by atoms with Crippen molar-refractivity contribution in [1.29, 1.82) is 0 Å². The van der Waals surface area contributed by atoms with Crippen LogP contribution in [-0.2, 0) is 4.74 Å². The fraction of sp³-hybridized carbons (Fsp3) is 0.561. The molecule has 0 bridgehead atoms. The Morgan fingerprint density at radius 1 is 0.558 bits per heavy atom. The molecule has 2 nitrogen and oxygen atoms in total. The first-order valence-corrected chi connectivity index (χ1v) is 16.4. The van der Waals surface area contributed by atoms with E-state index in [-0.39, 0.29) is 5.60 Å². The van der Waals surface area contributed by atoms with Crippen molar-refractivity contribution in [2.24, 2.45) is 0 Å². The molecule has 0 amide bonds. The molecule has 0 aliphatic heterocycles. The second kappa shape index (κ2) is 23.0. The molecule has 0 aliphatic rings. The third-order valence-corrected chi connectivity index (χ3v) is 7.63. The SMILES string of the molecule is COC(C)(C)CCC/C(C)=C/C=C/C(C)=C/C=C/C(C)=C/C=C/C=C(\C)CC/C=C(\C)CC/C=C(\C)CCCC(C)(C)O. The highest BCUT2D eigenvalue weighted by atomic mass is 16.5. The fourth-order valence-corrected chi connectivity index (χ4v) is 4.41. The van der Waals surface area contributed by atoms with Crippen molar-refractivity contribution >= 4 is 0 Å². The van der Waals surface area contributed by atoms with Crippen LogP contribution in [0.25, 0.3) is 0 Å². The van der Waals surface area contributed by atoms with E-state index in [0.717, 1.165) is 64.2 Å². The first kappa shape index (κ1) is 40.6. The Balaban J connectivity index is 4.47. The topological polar surface area (TPSA) is 29.5 Å². The van der Waals surface area contributed by atoms with Gasteiger partial charge >= 0.3 is 0 Å². The molecular weight excluding hydrogens is 524 g/mol. The lowest BCUT2D eigenvalue weighted by Gasteiger charge is -2.22. The predicted octanol–water partition coefficient (Wildman–Crippen LogP) is 12.4. The molecule has 0 rings (SSSR count). The summed E-state index contributed by atoms with van der Waals surface area (Å²) in [6, 6.07) is 0. The summed E-state index contributed by atoms with van der Waals surface area (Å²) in [5, 5.41) is 9.84. The summed E-state index contributed by atoms with van der Waals surface area (Å²) in [7, 11) is 1.79. The van der Waals surface area contributed by atoms with Gasteiger partial charge in [0.05, 0.1) is 11.2 Å². The van der Waals surface area contributed by atoms with E-state index < -0.39 is 5.60 Å². The van der Waals surface area contributed by atoms with Gasteiger partial charge in [0.15, 0.2) is 0 Å². The summed E-state index contributed by atoms with van der Waals surface area (Å²) < 4.78 is 5.50. The van der Waals surface area contributed by atoms with E-state index in [0.29, 0.717) is 0 Å². The number of rotatable bonds is 21. The summed E-state index contributed by atoms with van der Waals surface area (Å²) in [6.07, 6.45) is 37.1. The highest BCUT2D eigenvalue weighted by Crippen LogP contribution is 2.19. The van der Waals surface area contributed by atoms with Crippen LogP contribution in [-0.4, -0.2) is 23.4 Å². The average Bonchev–Trinajstić information content (AvgIpc) is 2.90. The van der Waals surface area contributed by atoms with Gasteiger partial charge in [-0.1, -0.05) is 106 Å². The van der Waals surface area contributed by atoms with Gasteiger partial charge in [-0.3, -0.25) is 0 Å². The van der Waals surface area contributed by atoms with Crippen molar-refractivity contribution in [1.82, 2.24) is 0 Å². The molecule has 0 aromatic heterocycles. The lowest BCUT2D eigenvalue weighted by Crippen LogP contribution is -2.21. The Kier molecular flexibility index (Phi) is 21.7. The van der Waals surface area contributed by atoms with Crippen LogP contribution in [0.3, 0.4) is 0 Å². The zero-order valence-corrected chi connectivity index (χ0v) is 29.9. The van der Waals surface area contributed by atoms with Crippen molar-refractivity contribution in [3.63, 3.8) is 0 Å². The van der Waals surface area contributed by atoms with Gasteiger partial charge in [-0.25, -0.2) is 0 Å². The number of allylic oxidation sites excluding steroid dienone is 18. The normalized spacial score (nSPS) is 15.6. The molecule has 43 heavy (non-hydrogen) atoms. The minimum atomic E-state index is -0.551. The van der Waals surface area contributed by atoms with Crippen LogP contribution in [0, 0.1) is 0 Å². The minimum absolute atomic E-state index is 0.0325. The summed E-state index contributed by atoms with van der Waals surface area (Å²) in [4.78, 5) is 0. The molecule has 0 saturated carbocycles. The Hall–Kier alpha value is -2.42. The number of aliphatic hydroxyl groups is 1. The highest BCUT2D eigenvalue weighted by Gasteiger charge is 2.15. The molecule has 0 aliphatic carbocycles. The van der Waals surface area contributed by atoms with E-state index in [4.69, 9.17) is 4.74 Å². The lowest BCUT2D eigenvalue weighted by molar-refractivity contribution is 0.0140. The van der Waals surface area contributed by atoms with Gasteiger partial charge in [0.1, 0.15) is 0 Å². The van der Waals surface area contributed by atoms with Crippen LogP contribution in [0.4, 0.5) is 0 Å². The van der Waals surface area contributed by atoms with Gasteiger partial charge in [-0.05, 0) is 133 Å². The first-order chi connectivity index (χ1) is 20.1. The van der Waals surface area contributed by atoms with Gasteiger partial charge in [0.2, 0.25) is 0 Å². The van der Waals surface area contributed by atoms with E-state index in [1.54, 1.807) is 7.11 Å². The Morgan fingerprint density at radius 2 is 0.977 bits per heavy atom. The van der Waals surface area contributed by atoms with E-state index >= 15 is 0 Å². The van der Waals surface area contributed by atoms with Crippen LogP contribution < -0.4 is 0 Å². The van der Waals surface area contributed by atoms with Crippen LogP contribution in [0.2, 0.25) is 0 Å². The van der Waals surface area contributed by atoms with Crippen LogP contribution in [0.1, 0.15) is 133 Å². The van der Waals surface area contributed by atoms with Gasteiger partial charge in [0.25, 0.3) is 0 Å². The van der Waals surface area contributed by atoms with Crippen LogP contribution in [0.5, 0.6) is 0 Å². The van der Waals surface area contributed by atoms with Gasteiger partial charge < -0.3 is 9.84 Å². The molecule has 0 aromatic rings. The molecule has 2 heteroatoms. The van der Waals surface area contributed by atoms with Crippen molar-refractivity contribution in [3.8, 4) is 0 Å². The van der Waals surface area contributed by atoms with Gasteiger partial charge in [0, 0.05) is 7.11 Å². The Bertz CT molecular complexity index is 1060. The monoisotopic (exact) mass is 591 g/mol. The maximum atomic E-state index is 9.84. The standard InChI is InChI=1S/C41H66O2/c1-34(22-14-24-36(3)26-16-28-38(5)30-18-32-40(7,8)42)20-12-13-21-35(2)23-15-25-37(4)27-17-29-39(6)31-19-33-41(9,10)43-11/h12-13,15,17,20-21,23-25,27-29,42H,14,16,18-19,22,26,30-33H2,1-11H3/b13-12+,23-15+,27-17+,34-20+,35-21+,36-24+,37-25+,38-28+,39-29+. The van der Waals surface area contributed by atoms with Crippen molar-refractivity contribution in [2.75, 3.05) is 7.11 Å². The van der Waals surface area contributed by atoms with E-state index in [2.05, 4.69) is 128 Å². The fourth-order valence-electron chi connectivity index (χ4n) is 4.41. The van der Waals surface area contributed by atoms with Gasteiger partial charge in [-0.15, -0.1) is 0 Å². The number of hydrogen-bond donors (Lipinski definition) is 1. The molecule has 0 atom stereocenters. The quantitative estimate of drug-likeness (QED) is 0.106. The maximum absolute atomic E-state index is 9.84. The molecule has 0 heterocycles. The summed E-state index contributed by atoms with van der Waals surface area (Å²) in [6.45, 7) is 21.2. The molecule has 1 N–H and O–H groups in total. The average molecular weight is 591 g/mol. The summed E-state index contributed by atoms with van der Waals surface area (Å²) >= 11 is 0. The first-order valence-electron chi connectivity index (χ1n) is 16.4. The van der Waals surface area contributed by atoms with Crippen LogP contribution >= 0.6 is 0 Å². The second-order valence-corrected chi connectivity index (χ2v) is 13.6. The zero-order chi connectivity index (χ0) is 32.7. The molecule has 0 aromatic carbocycles. The zero-order valence-electron chi connectivity index (χ0n) is 29.9. The molecule has 242 valence electrons. The molecule has 0 spiro atoms. The highest BCUT2D eigenvalue weighted by molar-refractivity contribution is 5.30. The Morgan fingerprint density at radius 3 is 1.56 bits per heavy atom. The molecule has 0 unspecified atom stereocenters. The summed E-state index contributed by atoms with van der Waals surface area (Å²) in [5.41, 5.74) is 7.59. The molecule has 0 fully saturated rings. The lowest BCUT2D eigenvalue weighted by atomic mass is 9.99. The van der Waals surface area contributed by atoms with Crippen molar-refractivity contribution in [3.05, 3.63) is 106 Å². The smallest absolute Gasteiger partial charge is 0.0622 e. The Labute approximate surface area is 267 Å². The maximum Gasteiger partial charge on any atom is 0.0622 e. The molecule has 0 saturated heterocycles. The van der Waals surface area contributed by atoms with Crippen molar-refractivity contribution in [2.45, 2.75) is 145 Å². The third-order valence-electron chi connectivity index (χ3n) is 7.63. The van der Waals surface area contributed by atoms with E-state index in [1.807, 2.05) is 13.8 Å². The predicted molar refractivity (Wildman–Crippen MR) is 194 cm³/mol. The summed E-state index contributed by atoms with van der Waals surface area (Å²) in [5.74, 6) is 0. The number of hydrogen-bond acceptors (Lipinski definition) is 2. The van der Waals surface area contributed by atoms with E-state index in [1.165, 1.54) is 33.4 Å².